The van der Waals surface area contributed by atoms with Crippen molar-refractivity contribution in [3.63, 3.8) is 0 Å². The monoisotopic (exact) mass is 159 g/mol. The standard InChI is InChI=1S/C2H4NO2.Rb/c3-1-2(4)5;/h3H,1H2,(H,4,5);/q-1;+1. The van der Waals surface area contributed by atoms with Crippen LogP contribution in [0.25, 0.3) is 5.73 Å². The van der Waals surface area contributed by atoms with E-state index >= 15 is 0 Å². The minimum atomic E-state index is -1.08. The van der Waals surface area contributed by atoms with Crippen molar-refractivity contribution in [3.05, 3.63) is 5.73 Å². The number of nitrogens with one attached hydrogen (secondary N) is 1. The van der Waals surface area contributed by atoms with Gasteiger partial charge in [0, 0.05) is 0 Å². The van der Waals surface area contributed by atoms with Gasteiger partial charge in [0.15, 0.2) is 0 Å². The molecule has 0 aliphatic heterocycles. The van der Waals surface area contributed by atoms with E-state index in [1.165, 1.54) is 0 Å². The Bertz CT molecular complexity index is 46.8. The number of aliphatic carboxylic acids is 1. The maximum atomic E-state index is 9.18. The van der Waals surface area contributed by atoms with Crippen LogP contribution in [0.5, 0.6) is 0 Å². The van der Waals surface area contributed by atoms with Crippen molar-refractivity contribution < 1.29 is 68.1 Å². The molecule has 2 N–H and O–H groups in total. The van der Waals surface area contributed by atoms with Crippen molar-refractivity contribution in [2.45, 2.75) is 0 Å². The number of carbonyl (C=O) groups is 1. The van der Waals surface area contributed by atoms with Gasteiger partial charge in [0.05, 0.1) is 0 Å². The Labute approximate surface area is 84.7 Å². The van der Waals surface area contributed by atoms with Gasteiger partial charge < -0.3 is 10.8 Å². The molecule has 0 aromatic heterocycles. The molecule has 4 heteroatoms. The topological polar surface area (TPSA) is 61.1 Å². The minimum Gasteiger partial charge on any atom is -0.668 e. The smallest absolute Gasteiger partial charge is 0.668 e. The second kappa shape index (κ2) is 6.24. The number of hydrogen-bond donors (Lipinski definition) is 1. The molecule has 6 heavy (non-hydrogen) atoms. The average molecular weight is 160 g/mol. The van der Waals surface area contributed by atoms with E-state index in [2.05, 4.69) is 0 Å². The fourth-order valence-electron chi connectivity index (χ4n) is 0. The molecule has 0 atom stereocenters. The molecule has 3 nitrogen and oxygen atoms in total. The van der Waals surface area contributed by atoms with Gasteiger partial charge in [0.25, 0.3) is 5.97 Å². The van der Waals surface area contributed by atoms with Gasteiger partial charge in [-0.3, -0.25) is 4.79 Å². The molecule has 0 aromatic carbocycles. The van der Waals surface area contributed by atoms with Crippen LogP contribution in [0, 0.1) is 0 Å². The summed E-state index contributed by atoms with van der Waals surface area (Å²) in [6.45, 7) is -0.528. The first-order chi connectivity index (χ1) is 2.27. The quantitative estimate of drug-likeness (QED) is 0.447. The normalized spacial score (nSPS) is 6.17. The molecule has 0 aliphatic carbocycles. The van der Waals surface area contributed by atoms with Crippen LogP contribution in [0.3, 0.4) is 0 Å². The first-order valence-corrected chi connectivity index (χ1v) is 1.13. The minimum absolute atomic E-state index is 0. The Morgan fingerprint density at radius 3 is 2.00 bits per heavy atom. The number of carboxylic acids is 1. The molecule has 0 bridgehead atoms. The summed E-state index contributed by atoms with van der Waals surface area (Å²) in [5, 5.41) is 7.53. The number of rotatable bonds is 1. The van der Waals surface area contributed by atoms with Crippen molar-refractivity contribution in [1.29, 1.82) is 0 Å². The predicted octanol–water partition coefficient (Wildman–Crippen LogP) is -2.87. The van der Waals surface area contributed by atoms with Gasteiger partial charge in [-0.2, -0.15) is 0 Å². The van der Waals surface area contributed by atoms with Gasteiger partial charge in [-0.05, 0) is 0 Å². The van der Waals surface area contributed by atoms with Crippen LogP contribution in [0.2, 0.25) is 0 Å². The summed E-state index contributed by atoms with van der Waals surface area (Å²) in [6, 6.07) is 0. The van der Waals surface area contributed by atoms with Crippen LogP contribution in [0.15, 0.2) is 0 Å². The fraction of sp³-hybridized carbons (Fsp3) is 0.500. The zero-order valence-corrected chi connectivity index (χ0v) is 8.48. The molecule has 0 spiro atoms. The molecule has 0 aliphatic rings. The van der Waals surface area contributed by atoms with Crippen LogP contribution < -0.4 is 58.2 Å². The van der Waals surface area contributed by atoms with Gasteiger partial charge in [-0.15, -0.1) is 0 Å². The molecule has 0 unspecified atom stereocenters. The Balaban J connectivity index is 0. The second-order valence-corrected chi connectivity index (χ2v) is 0.571. The molecule has 0 saturated carbocycles. The van der Waals surface area contributed by atoms with Gasteiger partial charge in [0.2, 0.25) is 0 Å². The summed E-state index contributed by atoms with van der Waals surface area (Å²) >= 11 is 0. The van der Waals surface area contributed by atoms with E-state index in [1.807, 2.05) is 0 Å². The maximum absolute atomic E-state index is 9.18. The zero-order valence-electron chi connectivity index (χ0n) is 3.56. The third kappa shape index (κ3) is 8.97. The van der Waals surface area contributed by atoms with Gasteiger partial charge in [-0.1, -0.05) is 6.54 Å². The molecule has 0 saturated heterocycles. The number of carboxylic acid groups (broad SMARTS) is 1. The molecule has 0 heterocycles. The molecule has 0 rings (SSSR count). The van der Waals surface area contributed by atoms with Crippen molar-refractivity contribution in [1.82, 2.24) is 0 Å². The van der Waals surface area contributed by atoms with Gasteiger partial charge in [-0.25, -0.2) is 0 Å². The summed E-state index contributed by atoms with van der Waals surface area (Å²) in [4.78, 5) is 9.18. The van der Waals surface area contributed by atoms with Crippen molar-refractivity contribution in [2.24, 2.45) is 0 Å². The van der Waals surface area contributed by atoms with Crippen molar-refractivity contribution in [2.75, 3.05) is 6.54 Å². The summed E-state index contributed by atoms with van der Waals surface area (Å²) in [7, 11) is 0. The summed E-state index contributed by atoms with van der Waals surface area (Å²) in [5.74, 6) is -1.08. The summed E-state index contributed by atoms with van der Waals surface area (Å²) < 4.78 is 0. The van der Waals surface area contributed by atoms with Crippen molar-refractivity contribution >= 4 is 5.97 Å². The Morgan fingerprint density at radius 2 is 2.00 bits per heavy atom. The van der Waals surface area contributed by atoms with E-state index < -0.39 is 12.5 Å². The Kier molecular flexibility index (Phi) is 10.7. The third-order valence-electron chi connectivity index (χ3n) is 0.151. The van der Waals surface area contributed by atoms with Crippen LogP contribution >= 0.6 is 0 Å². The first-order valence-electron chi connectivity index (χ1n) is 1.13. The SMILES string of the molecule is [NH-]CC(=O)O.[Rb+]. The van der Waals surface area contributed by atoms with Gasteiger partial charge in [0.1, 0.15) is 0 Å². The van der Waals surface area contributed by atoms with E-state index in [9.17, 15) is 4.79 Å². The van der Waals surface area contributed by atoms with E-state index in [1.54, 1.807) is 0 Å². The van der Waals surface area contributed by atoms with Crippen LogP contribution in [-0.4, -0.2) is 17.6 Å². The van der Waals surface area contributed by atoms with E-state index in [4.69, 9.17) is 10.8 Å². The van der Waals surface area contributed by atoms with E-state index in [-0.39, 0.29) is 58.2 Å². The van der Waals surface area contributed by atoms with Gasteiger partial charge >= 0.3 is 58.2 Å². The summed E-state index contributed by atoms with van der Waals surface area (Å²) in [5.41, 5.74) is 6.06. The molecular formula is C2H4NO2Rb. The largest absolute Gasteiger partial charge is 1.00 e. The second-order valence-electron chi connectivity index (χ2n) is 0.571. The molecule has 0 radical (unpaired) electrons. The van der Waals surface area contributed by atoms with E-state index in [0.29, 0.717) is 0 Å². The van der Waals surface area contributed by atoms with Crippen LogP contribution in [0.1, 0.15) is 0 Å². The molecule has 0 fully saturated rings. The van der Waals surface area contributed by atoms with E-state index in [0.717, 1.165) is 0 Å². The fourth-order valence-corrected chi connectivity index (χ4v) is 0. The number of hydrogen-bond acceptors (Lipinski definition) is 1. The summed E-state index contributed by atoms with van der Waals surface area (Å²) in [6.07, 6.45) is 0. The predicted molar refractivity (Wildman–Crippen MR) is 16.8 cm³/mol. The molecular weight excluding hydrogens is 155 g/mol. The Morgan fingerprint density at radius 1 is 1.83 bits per heavy atom. The first kappa shape index (κ1) is 10.3. The Hall–Kier alpha value is 1.24. The molecule has 0 amide bonds. The van der Waals surface area contributed by atoms with Crippen LogP contribution in [0.4, 0.5) is 0 Å². The molecule has 30 valence electrons. The average Bonchev–Trinajstić information content (AvgIpc) is 1.38. The maximum Gasteiger partial charge on any atom is 1.00 e. The zero-order chi connectivity index (χ0) is 4.28. The van der Waals surface area contributed by atoms with Crippen molar-refractivity contribution in [3.8, 4) is 0 Å². The third-order valence-corrected chi connectivity index (χ3v) is 0.151. The molecule has 0 aromatic rings. The van der Waals surface area contributed by atoms with Crippen LogP contribution in [-0.2, 0) is 4.79 Å².